The number of nitrogen functional groups attached to an aromatic ring is 1. The number of nitrogens with two attached hydrogens (primary N) is 2. The third-order valence-electron chi connectivity index (χ3n) is 2.21. The van der Waals surface area contributed by atoms with E-state index < -0.39 is 15.9 Å². The van der Waals surface area contributed by atoms with Crippen LogP contribution in [0.5, 0.6) is 0 Å². The highest BCUT2D eigenvalue weighted by atomic mass is 32.2. The van der Waals surface area contributed by atoms with Crippen LogP contribution in [0.4, 0.5) is 0 Å². The first-order chi connectivity index (χ1) is 8.93. The molecule has 1 heterocycles. The van der Waals surface area contributed by atoms with Crippen LogP contribution in [-0.2, 0) is 10.0 Å². The van der Waals surface area contributed by atoms with E-state index in [1.165, 1.54) is 24.3 Å². The lowest BCUT2D eigenvalue weighted by molar-refractivity contribution is 0.0940. The molecule has 0 bridgehead atoms. The monoisotopic (exact) mass is 283 g/mol. The van der Waals surface area contributed by atoms with Gasteiger partial charge in [0.1, 0.15) is 0 Å². The summed E-state index contributed by atoms with van der Waals surface area (Å²) in [5, 5.41) is 15.4. The third-order valence-corrected chi connectivity index (χ3v) is 3.14. The molecule has 11 heteroatoms. The summed E-state index contributed by atoms with van der Waals surface area (Å²) in [4.78, 5) is 11.3. The summed E-state index contributed by atoms with van der Waals surface area (Å²) in [6.07, 6.45) is 0. The van der Waals surface area contributed by atoms with Crippen molar-refractivity contribution in [3.8, 4) is 5.69 Å². The molecule has 0 aliphatic carbocycles. The van der Waals surface area contributed by atoms with E-state index in [1.807, 2.05) is 5.43 Å². The number of nitrogens with one attached hydrogen (secondary N) is 1. The fraction of sp³-hybridized carbons (Fsp3) is 0. The normalized spacial score (nSPS) is 11.3. The predicted octanol–water partition coefficient (Wildman–Crippen LogP) is -2.09. The second-order valence-electron chi connectivity index (χ2n) is 3.43. The maximum Gasteiger partial charge on any atom is 0.305 e. The molecule has 2 aromatic rings. The average Bonchev–Trinajstić information content (AvgIpc) is 2.86. The van der Waals surface area contributed by atoms with E-state index in [2.05, 4.69) is 15.5 Å². The Morgan fingerprint density at radius 1 is 1.26 bits per heavy atom. The van der Waals surface area contributed by atoms with E-state index in [9.17, 15) is 13.2 Å². The van der Waals surface area contributed by atoms with Crippen molar-refractivity contribution in [3.05, 3.63) is 30.1 Å². The Morgan fingerprint density at radius 2 is 1.89 bits per heavy atom. The SMILES string of the molecule is NNC(=O)c1nnnn1-c1ccc(S(N)(=O)=O)cc1. The molecule has 19 heavy (non-hydrogen) atoms. The molecule has 0 aliphatic heterocycles. The highest BCUT2D eigenvalue weighted by Gasteiger charge is 2.16. The van der Waals surface area contributed by atoms with E-state index in [4.69, 9.17) is 11.0 Å². The van der Waals surface area contributed by atoms with Crippen molar-refractivity contribution in [2.75, 3.05) is 0 Å². The van der Waals surface area contributed by atoms with Crippen molar-refractivity contribution in [2.24, 2.45) is 11.0 Å². The lowest BCUT2D eigenvalue weighted by atomic mass is 10.3. The summed E-state index contributed by atoms with van der Waals surface area (Å²) in [6, 6.07) is 5.36. The summed E-state index contributed by atoms with van der Waals surface area (Å²) in [5.41, 5.74) is 2.28. The van der Waals surface area contributed by atoms with Gasteiger partial charge in [0, 0.05) is 0 Å². The minimum atomic E-state index is -3.78. The van der Waals surface area contributed by atoms with Gasteiger partial charge >= 0.3 is 5.91 Å². The van der Waals surface area contributed by atoms with Gasteiger partial charge in [0.15, 0.2) is 0 Å². The van der Waals surface area contributed by atoms with Crippen LogP contribution in [-0.4, -0.2) is 34.5 Å². The van der Waals surface area contributed by atoms with E-state index in [0.29, 0.717) is 5.69 Å². The zero-order chi connectivity index (χ0) is 14.0. The molecule has 0 radical (unpaired) electrons. The summed E-state index contributed by atoms with van der Waals surface area (Å²) >= 11 is 0. The van der Waals surface area contributed by atoms with Gasteiger partial charge in [0.2, 0.25) is 15.8 Å². The molecule has 0 fully saturated rings. The van der Waals surface area contributed by atoms with Crippen LogP contribution in [0, 0.1) is 0 Å². The number of aromatic nitrogens is 4. The van der Waals surface area contributed by atoms with E-state index in [1.54, 1.807) is 0 Å². The summed E-state index contributed by atoms with van der Waals surface area (Å²) < 4.78 is 23.3. The van der Waals surface area contributed by atoms with Gasteiger partial charge in [0.05, 0.1) is 10.6 Å². The van der Waals surface area contributed by atoms with Gasteiger partial charge in [-0.3, -0.25) is 10.2 Å². The van der Waals surface area contributed by atoms with Crippen LogP contribution in [0.2, 0.25) is 0 Å². The second kappa shape index (κ2) is 4.72. The van der Waals surface area contributed by atoms with Crippen LogP contribution in [0.1, 0.15) is 10.6 Å². The van der Waals surface area contributed by atoms with Crippen molar-refractivity contribution >= 4 is 15.9 Å². The molecule has 0 saturated heterocycles. The van der Waals surface area contributed by atoms with Gasteiger partial charge in [-0.2, -0.15) is 4.68 Å². The number of hydrogen-bond acceptors (Lipinski definition) is 7. The van der Waals surface area contributed by atoms with E-state index in [-0.39, 0.29) is 10.7 Å². The number of hydrazine groups is 1. The second-order valence-corrected chi connectivity index (χ2v) is 4.99. The summed E-state index contributed by atoms with van der Waals surface area (Å²) in [5.74, 6) is 4.17. The van der Waals surface area contributed by atoms with E-state index in [0.717, 1.165) is 4.68 Å². The third kappa shape index (κ3) is 2.57. The number of carbonyl (C=O) groups is 1. The highest BCUT2D eigenvalue weighted by Crippen LogP contribution is 2.12. The molecule has 0 saturated carbocycles. The molecule has 5 N–H and O–H groups in total. The van der Waals surface area contributed by atoms with Crippen molar-refractivity contribution in [3.63, 3.8) is 0 Å². The van der Waals surface area contributed by atoms with Crippen LogP contribution < -0.4 is 16.4 Å². The smallest absolute Gasteiger partial charge is 0.287 e. The molecule has 100 valence electrons. The molecule has 0 aliphatic rings. The fourth-order valence-corrected chi connectivity index (χ4v) is 1.86. The molecule has 1 aromatic heterocycles. The number of sulfonamides is 1. The summed E-state index contributed by atoms with van der Waals surface area (Å²) in [7, 11) is -3.78. The first-order valence-corrected chi connectivity index (χ1v) is 6.40. The van der Waals surface area contributed by atoms with Crippen molar-refractivity contribution in [1.29, 1.82) is 0 Å². The van der Waals surface area contributed by atoms with E-state index >= 15 is 0 Å². The van der Waals surface area contributed by atoms with Gasteiger partial charge in [-0.15, -0.1) is 5.10 Å². The van der Waals surface area contributed by atoms with Crippen molar-refractivity contribution < 1.29 is 13.2 Å². The minimum absolute atomic E-state index is 0.0610. The number of primary sulfonamides is 1. The van der Waals surface area contributed by atoms with Crippen LogP contribution in [0.15, 0.2) is 29.2 Å². The largest absolute Gasteiger partial charge is 0.305 e. The molecule has 0 spiro atoms. The standard InChI is InChI=1S/C8H9N7O3S/c9-11-8(16)7-12-13-14-15(7)5-1-3-6(4-2-5)19(10,17)18/h1-4H,9H2,(H,11,16)(H2,10,17,18). The fourth-order valence-electron chi connectivity index (χ4n) is 1.34. The highest BCUT2D eigenvalue weighted by molar-refractivity contribution is 7.89. The maximum atomic E-state index is 11.4. The number of nitrogens with zero attached hydrogens (tertiary/aromatic N) is 4. The van der Waals surface area contributed by atoms with Gasteiger partial charge < -0.3 is 0 Å². The molecular formula is C8H9N7O3S. The van der Waals surface area contributed by atoms with Crippen LogP contribution in [0.25, 0.3) is 5.69 Å². The van der Waals surface area contributed by atoms with Crippen molar-refractivity contribution in [2.45, 2.75) is 4.90 Å². The Balaban J connectivity index is 2.44. The lowest BCUT2D eigenvalue weighted by Crippen LogP contribution is -2.32. The number of amides is 1. The molecular weight excluding hydrogens is 274 g/mol. The zero-order valence-electron chi connectivity index (χ0n) is 9.39. The first-order valence-electron chi connectivity index (χ1n) is 4.86. The topological polar surface area (TPSA) is 159 Å². The Morgan fingerprint density at radius 3 is 2.42 bits per heavy atom. The average molecular weight is 283 g/mol. The number of rotatable bonds is 3. The van der Waals surface area contributed by atoms with Gasteiger partial charge in [0.25, 0.3) is 0 Å². The Bertz CT molecular complexity index is 706. The zero-order valence-corrected chi connectivity index (χ0v) is 10.2. The van der Waals surface area contributed by atoms with Crippen LogP contribution >= 0.6 is 0 Å². The van der Waals surface area contributed by atoms with Gasteiger partial charge in [-0.1, -0.05) is 0 Å². The van der Waals surface area contributed by atoms with Gasteiger partial charge in [-0.25, -0.2) is 19.4 Å². The number of hydrogen-bond donors (Lipinski definition) is 3. The minimum Gasteiger partial charge on any atom is -0.287 e. The molecule has 1 aromatic carbocycles. The maximum absolute atomic E-state index is 11.4. The van der Waals surface area contributed by atoms with Crippen LogP contribution in [0.3, 0.4) is 0 Å². The summed E-state index contributed by atoms with van der Waals surface area (Å²) in [6.45, 7) is 0. The quantitative estimate of drug-likeness (QED) is 0.331. The Labute approximate surface area is 107 Å². The predicted molar refractivity (Wildman–Crippen MR) is 62.2 cm³/mol. The van der Waals surface area contributed by atoms with Gasteiger partial charge in [-0.05, 0) is 34.7 Å². The number of benzene rings is 1. The Hall–Kier alpha value is -2.37. The molecule has 2 rings (SSSR count). The first kappa shape index (κ1) is 13.1. The molecule has 10 nitrogen and oxygen atoms in total. The molecule has 0 atom stereocenters. The molecule has 0 unspecified atom stereocenters. The Kier molecular flexibility index (Phi) is 3.25. The molecule has 1 amide bonds. The number of carbonyl (C=O) groups excluding carboxylic acids is 1. The van der Waals surface area contributed by atoms with Crippen molar-refractivity contribution in [1.82, 2.24) is 25.6 Å². The lowest BCUT2D eigenvalue weighted by Gasteiger charge is -2.04. The number of tetrazole rings is 1.